The molecule has 0 fully saturated rings. The van der Waals surface area contributed by atoms with Crippen LogP contribution in [0, 0.1) is 0 Å². The van der Waals surface area contributed by atoms with Gasteiger partial charge in [0.1, 0.15) is 0 Å². The van der Waals surface area contributed by atoms with Crippen molar-refractivity contribution in [2.45, 2.75) is 26.3 Å². The molecule has 0 aliphatic heterocycles. The first-order valence-electron chi connectivity index (χ1n) is 6.42. The van der Waals surface area contributed by atoms with E-state index in [0.29, 0.717) is 6.04 Å². The molecule has 0 spiro atoms. The number of rotatable bonds is 2. The molecule has 0 saturated carbocycles. The van der Waals surface area contributed by atoms with E-state index in [-0.39, 0.29) is 0 Å². The summed E-state index contributed by atoms with van der Waals surface area (Å²) in [5.41, 5.74) is 6.98. The minimum atomic E-state index is 0.497. The third kappa shape index (κ3) is 1.83. The SMILES string of the molecule is CC(C)N(P)c1ccc2c(c1)Cc1ccccc1-2. The normalized spacial score (nSPS) is 12.4. The van der Waals surface area contributed by atoms with E-state index in [2.05, 4.69) is 70.4 Å². The van der Waals surface area contributed by atoms with Crippen LogP contribution in [0.1, 0.15) is 25.0 Å². The van der Waals surface area contributed by atoms with Gasteiger partial charge in [0, 0.05) is 11.7 Å². The third-order valence-corrected chi connectivity index (χ3v) is 4.53. The molecule has 1 nitrogen and oxygen atoms in total. The maximum Gasteiger partial charge on any atom is 0.0400 e. The number of hydrogen-bond acceptors (Lipinski definition) is 1. The van der Waals surface area contributed by atoms with E-state index in [9.17, 15) is 0 Å². The lowest BCUT2D eigenvalue weighted by molar-refractivity contribution is 0.836. The Morgan fingerprint density at radius 3 is 2.50 bits per heavy atom. The van der Waals surface area contributed by atoms with Crippen LogP contribution in [0.4, 0.5) is 5.69 Å². The van der Waals surface area contributed by atoms with E-state index in [4.69, 9.17) is 0 Å². The Bertz CT molecular complexity index is 589. The fourth-order valence-corrected chi connectivity index (χ4v) is 2.75. The zero-order valence-electron chi connectivity index (χ0n) is 10.9. The molecule has 0 radical (unpaired) electrons. The van der Waals surface area contributed by atoms with Crippen LogP contribution < -0.4 is 4.67 Å². The van der Waals surface area contributed by atoms with Crippen LogP contribution in [0.2, 0.25) is 0 Å². The van der Waals surface area contributed by atoms with E-state index >= 15 is 0 Å². The van der Waals surface area contributed by atoms with Crippen LogP contribution in [0.5, 0.6) is 0 Å². The smallest absolute Gasteiger partial charge is 0.0400 e. The number of nitrogens with zero attached hydrogens (tertiary/aromatic N) is 1. The molecule has 0 amide bonds. The first-order chi connectivity index (χ1) is 8.66. The van der Waals surface area contributed by atoms with Crippen molar-refractivity contribution in [2.75, 3.05) is 4.67 Å². The Morgan fingerprint density at radius 1 is 1.00 bits per heavy atom. The van der Waals surface area contributed by atoms with Gasteiger partial charge in [-0.15, -0.1) is 0 Å². The minimum Gasteiger partial charge on any atom is -0.354 e. The van der Waals surface area contributed by atoms with Gasteiger partial charge in [-0.1, -0.05) is 30.3 Å². The molecule has 2 aromatic carbocycles. The number of hydrogen-bond donors (Lipinski definition) is 0. The van der Waals surface area contributed by atoms with Gasteiger partial charge in [0.15, 0.2) is 0 Å². The molecule has 1 unspecified atom stereocenters. The monoisotopic (exact) mass is 255 g/mol. The molecule has 1 aliphatic carbocycles. The summed E-state index contributed by atoms with van der Waals surface area (Å²) in [6.07, 6.45) is 1.07. The average Bonchev–Trinajstić information content (AvgIpc) is 2.75. The van der Waals surface area contributed by atoms with Crippen LogP contribution in [0.15, 0.2) is 42.5 Å². The zero-order chi connectivity index (χ0) is 12.7. The zero-order valence-corrected chi connectivity index (χ0v) is 12.0. The number of benzene rings is 2. The molecule has 0 bridgehead atoms. The molecule has 3 rings (SSSR count). The largest absolute Gasteiger partial charge is 0.354 e. The molecular weight excluding hydrogens is 237 g/mol. The highest BCUT2D eigenvalue weighted by Crippen LogP contribution is 2.38. The average molecular weight is 255 g/mol. The van der Waals surface area contributed by atoms with Crippen molar-refractivity contribution >= 4 is 15.1 Å². The lowest BCUT2D eigenvalue weighted by Gasteiger charge is -2.24. The summed E-state index contributed by atoms with van der Waals surface area (Å²) in [5, 5.41) is 0. The van der Waals surface area contributed by atoms with Gasteiger partial charge in [-0.2, -0.15) is 0 Å². The first kappa shape index (κ1) is 11.7. The van der Waals surface area contributed by atoms with Crippen molar-refractivity contribution in [3.05, 3.63) is 53.6 Å². The topological polar surface area (TPSA) is 3.24 Å². The van der Waals surface area contributed by atoms with Crippen LogP contribution in [-0.4, -0.2) is 6.04 Å². The van der Waals surface area contributed by atoms with Gasteiger partial charge in [-0.05, 0) is 64.0 Å². The van der Waals surface area contributed by atoms with E-state index in [0.717, 1.165) is 6.42 Å². The summed E-state index contributed by atoms with van der Waals surface area (Å²) in [4.78, 5) is 0. The molecule has 1 aliphatic rings. The van der Waals surface area contributed by atoms with Crippen LogP contribution in [0.3, 0.4) is 0 Å². The maximum atomic E-state index is 2.81. The quantitative estimate of drug-likeness (QED) is 0.618. The lowest BCUT2D eigenvalue weighted by atomic mass is 10.1. The van der Waals surface area contributed by atoms with Gasteiger partial charge < -0.3 is 4.67 Å². The summed E-state index contributed by atoms with van der Waals surface area (Å²) >= 11 is 0. The fraction of sp³-hybridized carbons (Fsp3) is 0.250. The van der Waals surface area contributed by atoms with E-state index in [1.54, 1.807) is 0 Å². The summed E-state index contributed by atoms with van der Waals surface area (Å²) in [5.74, 6) is 0. The Balaban J connectivity index is 2.03. The van der Waals surface area contributed by atoms with Crippen molar-refractivity contribution < 1.29 is 0 Å². The summed E-state index contributed by atoms with van der Waals surface area (Å²) in [6, 6.07) is 16.0. The van der Waals surface area contributed by atoms with E-state index in [1.807, 2.05) is 0 Å². The van der Waals surface area contributed by atoms with Crippen molar-refractivity contribution in [1.29, 1.82) is 0 Å². The molecular formula is C16H18NP. The fourth-order valence-electron chi connectivity index (χ4n) is 2.59. The van der Waals surface area contributed by atoms with Gasteiger partial charge in [-0.3, -0.25) is 0 Å². The number of fused-ring (bicyclic) bond motifs is 3. The Kier molecular flexibility index (Phi) is 2.87. The van der Waals surface area contributed by atoms with Crippen molar-refractivity contribution in [3.63, 3.8) is 0 Å². The third-order valence-electron chi connectivity index (χ3n) is 3.63. The lowest BCUT2D eigenvalue weighted by Crippen LogP contribution is -2.18. The predicted octanol–water partition coefficient (Wildman–Crippen LogP) is 4.26. The molecule has 1 atom stereocenters. The van der Waals surface area contributed by atoms with Crippen molar-refractivity contribution in [1.82, 2.24) is 0 Å². The first-order valence-corrected chi connectivity index (χ1v) is 6.93. The second kappa shape index (κ2) is 4.40. The van der Waals surface area contributed by atoms with Gasteiger partial charge in [0.2, 0.25) is 0 Å². The summed E-state index contributed by atoms with van der Waals surface area (Å²) in [6.45, 7) is 4.41. The number of anilines is 1. The molecule has 0 aromatic heterocycles. The van der Waals surface area contributed by atoms with Gasteiger partial charge >= 0.3 is 0 Å². The molecule has 2 heteroatoms. The molecule has 0 N–H and O–H groups in total. The Hall–Kier alpha value is -1.33. The van der Waals surface area contributed by atoms with E-state index in [1.165, 1.54) is 27.9 Å². The van der Waals surface area contributed by atoms with Crippen molar-refractivity contribution in [2.24, 2.45) is 0 Å². The molecule has 0 heterocycles. The maximum absolute atomic E-state index is 2.81. The highest BCUT2D eigenvalue weighted by Gasteiger charge is 2.18. The summed E-state index contributed by atoms with van der Waals surface area (Å²) < 4.78 is 2.24. The highest BCUT2D eigenvalue weighted by molar-refractivity contribution is 7.19. The second-order valence-corrected chi connectivity index (χ2v) is 5.73. The van der Waals surface area contributed by atoms with Crippen LogP contribution in [0.25, 0.3) is 11.1 Å². The molecule has 2 aromatic rings. The van der Waals surface area contributed by atoms with Gasteiger partial charge in [0.25, 0.3) is 0 Å². The van der Waals surface area contributed by atoms with Crippen molar-refractivity contribution in [3.8, 4) is 11.1 Å². The predicted molar refractivity (Wildman–Crippen MR) is 82.0 cm³/mol. The van der Waals surface area contributed by atoms with Gasteiger partial charge in [0.05, 0.1) is 0 Å². The molecule has 0 saturated heterocycles. The molecule has 92 valence electrons. The highest BCUT2D eigenvalue weighted by atomic mass is 31.0. The Labute approximate surface area is 111 Å². The molecule has 18 heavy (non-hydrogen) atoms. The van der Waals surface area contributed by atoms with Crippen LogP contribution >= 0.6 is 9.39 Å². The minimum absolute atomic E-state index is 0.497. The Morgan fingerprint density at radius 2 is 1.72 bits per heavy atom. The van der Waals surface area contributed by atoms with E-state index < -0.39 is 0 Å². The standard InChI is InChI=1S/C16H18NP/c1-11(2)17(18)14-7-8-16-13(10-14)9-12-5-3-4-6-15(12)16/h3-8,10-11H,9,18H2,1-2H3. The summed E-state index contributed by atoms with van der Waals surface area (Å²) in [7, 11) is 2.81. The second-order valence-electron chi connectivity index (χ2n) is 5.18. The van der Waals surface area contributed by atoms with Gasteiger partial charge in [-0.25, -0.2) is 0 Å². The van der Waals surface area contributed by atoms with Crippen LogP contribution in [-0.2, 0) is 6.42 Å².